The van der Waals surface area contributed by atoms with E-state index in [4.69, 9.17) is 12.2 Å². The zero-order valence-corrected chi connectivity index (χ0v) is 11.3. The van der Waals surface area contributed by atoms with Crippen LogP contribution in [0.3, 0.4) is 0 Å². The van der Waals surface area contributed by atoms with Crippen LogP contribution in [0.2, 0.25) is 0 Å². The molecule has 1 aromatic heterocycles. The third-order valence-electron chi connectivity index (χ3n) is 2.17. The molecular weight excluding hydrogens is 340 g/mol. The molecule has 0 amide bonds. The normalized spacial score (nSPS) is 10.6. The number of nitrogens with one attached hydrogen (secondary N) is 1. The highest BCUT2D eigenvalue weighted by molar-refractivity contribution is 14.1. The van der Waals surface area contributed by atoms with Crippen molar-refractivity contribution in [2.45, 2.75) is 6.54 Å². The smallest absolute Gasteiger partial charge is 0.195 e. The first kappa shape index (κ1) is 11.7. The zero-order chi connectivity index (χ0) is 11.5. The molecule has 0 spiro atoms. The van der Waals surface area contributed by atoms with E-state index in [1.165, 1.54) is 0 Å². The van der Waals surface area contributed by atoms with Gasteiger partial charge in [0.05, 0.1) is 6.54 Å². The van der Waals surface area contributed by atoms with Gasteiger partial charge >= 0.3 is 0 Å². The Morgan fingerprint density at radius 1 is 1.38 bits per heavy atom. The number of rotatable bonds is 3. The largest absolute Gasteiger partial charge is 0.298 e. The first-order chi connectivity index (χ1) is 7.72. The standard InChI is InChI=1S/C10H9FIN3S/c11-5-6-15-9(13-14-10(15)16)7-1-3-8(12)4-2-7/h1-4H,5-6H2,(H,14,16). The summed E-state index contributed by atoms with van der Waals surface area (Å²) < 4.78 is 15.6. The quantitative estimate of drug-likeness (QED) is 0.682. The summed E-state index contributed by atoms with van der Waals surface area (Å²) in [4.78, 5) is 0. The number of alkyl halides is 1. The fourth-order valence-electron chi connectivity index (χ4n) is 1.43. The van der Waals surface area contributed by atoms with Gasteiger partial charge in [0.15, 0.2) is 10.6 Å². The molecule has 0 atom stereocenters. The molecular formula is C10H9FIN3S. The molecule has 6 heteroatoms. The number of hydrogen-bond donors (Lipinski definition) is 1. The number of hydrogen-bond acceptors (Lipinski definition) is 2. The summed E-state index contributed by atoms with van der Waals surface area (Å²) in [7, 11) is 0. The molecule has 0 aliphatic carbocycles. The Morgan fingerprint density at radius 3 is 2.69 bits per heavy atom. The summed E-state index contributed by atoms with van der Waals surface area (Å²) in [6.45, 7) is -0.220. The molecule has 16 heavy (non-hydrogen) atoms. The van der Waals surface area contributed by atoms with Crippen molar-refractivity contribution >= 4 is 34.8 Å². The van der Waals surface area contributed by atoms with Crippen LogP contribution in [0.15, 0.2) is 24.3 Å². The Balaban J connectivity index is 2.47. The number of benzene rings is 1. The van der Waals surface area contributed by atoms with Gasteiger partial charge in [0.25, 0.3) is 0 Å². The summed E-state index contributed by atoms with van der Waals surface area (Å²) in [6.07, 6.45) is 0. The van der Waals surface area contributed by atoms with E-state index in [-0.39, 0.29) is 6.54 Å². The van der Waals surface area contributed by atoms with Crippen molar-refractivity contribution in [3.05, 3.63) is 32.6 Å². The van der Waals surface area contributed by atoms with Gasteiger partial charge in [0.2, 0.25) is 0 Å². The van der Waals surface area contributed by atoms with Crippen LogP contribution >= 0.6 is 34.8 Å². The lowest BCUT2D eigenvalue weighted by Crippen LogP contribution is -2.02. The topological polar surface area (TPSA) is 33.6 Å². The van der Waals surface area contributed by atoms with Crippen LogP contribution in [-0.4, -0.2) is 21.4 Å². The van der Waals surface area contributed by atoms with Crippen LogP contribution in [0.25, 0.3) is 11.4 Å². The maximum absolute atomic E-state index is 12.4. The van der Waals surface area contributed by atoms with E-state index in [0.29, 0.717) is 10.6 Å². The first-order valence-corrected chi connectivity index (χ1v) is 6.18. The predicted molar refractivity (Wildman–Crippen MR) is 71.5 cm³/mol. The fourth-order valence-corrected chi connectivity index (χ4v) is 2.01. The molecule has 0 aliphatic rings. The molecule has 0 saturated heterocycles. The molecule has 0 radical (unpaired) electrons. The van der Waals surface area contributed by atoms with E-state index in [1.54, 1.807) is 4.57 Å². The Morgan fingerprint density at radius 2 is 2.06 bits per heavy atom. The van der Waals surface area contributed by atoms with Gasteiger partial charge in [-0.15, -0.1) is 0 Å². The lowest BCUT2D eigenvalue weighted by Gasteiger charge is -2.03. The van der Waals surface area contributed by atoms with Crippen molar-refractivity contribution in [3.8, 4) is 11.4 Å². The maximum atomic E-state index is 12.4. The van der Waals surface area contributed by atoms with Gasteiger partial charge in [-0.3, -0.25) is 9.67 Å². The van der Waals surface area contributed by atoms with Gasteiger partial charge in [-0.1, -0.05) is 12.1 Å². The van der Waals surface area contributed by atoms with Crippen LogP contribution in [0.5, 0.6) is 0 Å². The SMILES string of the molecule is FCCn1c(-c2ccc(I)cc2)n[nH]c1=S. The molecule has 2 aromatic rings. The third kappa shape index (κ3) is 2.32. The highest BCUT2D eigenvalue weighted by Crippen LogP contribution is 2.18. The summed E-state index contributed by atoms with van der Waals surface area (Å²) in [6, 6.07) is 7.85. The molecule has 3 nitrogen and oxygen atoms in total. The Kier molecular flexibility index (Phi) is 3.70. The van der Waals surface area contributed by atoms with Crippen LogP contribution in [0.4, 0.5) is 4.39 Å². The lowest BCUT2D eigenvalue weighted by atomic mass is 10.2. The van der Waals surface area contributed by atoms with Crippen molar-refractivity contribution in [1.82, 2.24) is 14.8 Å². The molecule has 0 unspecified atom stereocenters. The minimum absolute atomic E-state index is 0.233. The second kappa shape index (κ2) is 5.05. The van der Waals surface area contributed by atoms with Gasteiger partial charge in [0.1, 0.15) is 6.67 Å². The number of halogens is 2. The minimum Gasteiger partial charge on any atom is -0.298 e. The van der Waals surface area contributed by atoms with Crippen LogP contribution in [0.1, 0.15) is 0 Å². The predicted octanol–water partition coefficient (Wildman–Crippen LogP) is 3.18. The summed E-state index contributed by atoms with van der Waals surface area (Å²) >= 11 is 7.27. The number of aromatic amines is 1. The molecule has 1 aromatic carbocycles. The number of H-pyrrole nitrogens is 1. The van der Waals surface area contributed by atoms with Crippen LogP contribution in [0, 0.1) is 8.34 Å². The Hall–Kier alpha value is -0.760. The fraction of sp³-hybridized carbons (Fsp3) is 0.200. The van der Waals surface area contributed by atoms with Gasteiger partial charge in [-0.05, 0) is 46.9 Å². The number of nitrogens with zero attached hydrogens (tertiary/aromatic N) is 2. The highest BCUT2D eigenvalue weighted by Gasteiger charge is 2.07. The average Bonchev–Trinajstić information content (AvgIpc) is 2.63. The molecule has 0 aliphatic heterocycles. The van der Waals surface area contributed by atoms with Crippen molar-refractivity contribution in [1.29, 1.82) is 0 Å². The van der Waals surface area contributed by atoms with Gasteiger partial charge in [0, 0.05) is 9.13 Å². The second-order valence-corrected chi connectivity index (χ2v) is 4.83. The zero-order valence-electron chi connectivity index (χ0n) is 8.28. The highest BCUT2D eigenvalue weighted by atomic mass is 127. The summed E-state index contributed by atoms with van der Waals surface area (Å²) in [5.41, 5.74) is 0.932. The van der Waals surface area contributed by atoms with E-state index in [0.717, 1.165) is 9.13 Å². The van der Waals surface area contributed by atoms with E-state index >= 15 is 0 Å². The van der Waals surface area contributed by atoms with Crippen molar-refractivity contribution in [3.63, 3.8) is 0 Å². The maximum Gasteiger partial charge on any atom is 0.195 e. The third-order valence-corrected chi connectivity index (χ3v) is 3.20. The lowest BCUT2D eigenvalue weighted by molar-refractivity contribution is 0.445. The van der Waals surface area contributed by atoms with Crippen LogP contribution in [-0.2, 0) is 6.54 Å². The van der Waals surface area contributed by atoms with Gasteiger partial charge in [-0.2, -0.15) is 5.10 Å². The van der Waals surface area contributed by atoms with E-state index < -0.39 is 6.67 Å². The molecule has 1 heterocycles. The molecule has 0 fully saturated rings. The minimum atomic E-state index is -0.453. The molecule has 2 rings (SSSR count). The second-order valence-electron chi connectivity index (χ2n) is 3.20. The van der Waals surface area contributed by atoms with E-state index in [2.05, 4.69) is 32.8 Å². The Labute approximate surface area is 111 Å². The molecule has 0 bridgehead atoms. The van der Waals surface area contributed by atoms with Crippen LogP contribution < -0.4 is 0 Å². The molecule has 84 valence electrons. The van der Waals surface area contributed by atoms with E-state index in [1.807, 2.05) is 24.3 Å². The summed E-state index contributed by atoms with van der Waals surface area (Å²) in [5.74, 6) is 0.680. The van der Waals surface area contributed by atoms with Crippen molar-refractivity contribution in [2.24, 2.45) is 0 Å². The monoisotopic (exact) mass is 349 g/mol. The van der Waals surface area contributed by atoms with Crippen molar-refractivity contribution in [2.75, 3.05) is 6.67 Å². The molecule has 1 N–H and O–H groups in total. The van der Waals surface area contributed by atoms with E-state index in [9.17, 15) is 4.39 Å². The first-order valence-electron chi connectivity index (χ1n) is 4.69. The van der Waals surface area contributed by atoms with Crippen molar-refractivity contribution < 1.29 is 4.39 Å². The van der Waals surface area contributed by atoms with Gasteiger partial charge < -0.3 is 0 Å². The van der Waals surface area contributed by atoms with Gasteiger partial charge in [-0.25, -0.2) is 4.39 Å². The summed E-state index contributed by atoms with van der Waals surface area (Å²) in [5, 5.41) is 6.79. The molecule has 0 saturated carbocycles. The Bertz CT molecular complexity index is 532. The average molecular weight is 349 g/mol. The number of aromatic nitrogens is 3.